The first kappa shape index (κ1) is 10.8. The van der Waals surface area contributed by atoms with E-state index in [2.05, 4.69) is 38.0 Å². The molecule has 1 N–H and O–H groups in total. The SMILES string of the molecule is C=C(NOCCC)c1cccc(C)c1. The first-order valence-corrected chi connectivity index (χ1v) is 4.87. The van der Waals surface area contributed by atoms with Crippen molar-refractivity contribution in [3.63, 3.8) is 0 Å². The molecule has 0 aliphatic carbocycles. The minimum Gasteiger partial charge on any atom is -0.276 e. The largest absolute Gasteiger partial charge is 0.276 e. The predicted octanol–water partition coefficient (Wildman–Crippen LogP) is 2.90. The smallest absolute Gasteiger partial charge is 0.0743 e. The number of rotatable bonds is 5. The third kappa shape index (κ3) is 3.23. The number of hydrogen-bond donors (Lipinski definition) is 1. The lowest BCUT2D eigenvalue weighted by Crippen LogP contribution is -2.12. The van der Waals surface area contributed by atoms with Gasteiger partial charge in [0.05, 0.1) is 12.3 Å². The molecule has 0 heterocycles. The molecule has 1 aromatic carbocycles. The summed E-state index contributed by atoms with van der Waals surface area (Å²) < 4.78 is 0. The molecular formula is C12H17NO. The molecule has 0 fully saturated rings. The van der Waals surface area contributed by atoms with Crippen molar-refractivity contribution >= 4 is 5.70 Å². The Morgan fingerprint density at radius 1 is 1.50 bits per heavy atom. The van der Waals surface area contributed by atoms with E-state index in [0.29, 0.717) is 6.61 Å². The maximum atomic E-state index is 5.19. The molecule has 0 unspecified atom stereocenters. The van der Waals surface area contributed by atoms with E-state index in [0.717, 1.165) is 17.7 Å². The van der Waals surface area contributed by atoms with Gasteiger partial charge in [-0.15, -0.1) is 0 Å². The van der Waals surface area contributed by atoms with Crippen molar-refractivity contribution in [1.82, 2.24) is 5.48 Å². The quantitative estimate of drug-likeness (QED) is 0.570. The van der Waals surface area contributed by atoms with Crippen LogP contribution >= 0.6 is 0 Å². The Balaban J connectivity index is 2.52. The van der Waals surface area contributed by atoms with Crippen molar-refractivity contribution in [3.05, 3.63) is 42.0 Å². The molecule has 0 saturated carbocycles. The lowest BCUT2D eigenvalue weighted by molar-refractivity contribution is 0.0791. The Hall–Kier alpha value is -1.28. The average Bonchev–Trinajstić information content (AvgIpc) is 2.18. The van der Waals surface area contributed by atoms with Gasteiger partial charge in [0.25, 0.3) is 0 Å². The van der Waals surface area contributed by atoms with E-state index in [1.165, 1.54) is 5.56 Å². The van der Waals surface area contributed by atoms with Crippen molar-refractivity contribution in [2.75, 3.05) is 6.61 Å². The monoisotopic (exact) mass is 191 g/mol. The standard InChI is InChI=1S/C12H17NO/c1-4-8-14-13-11(3)12-7-5-6-10(2)9-12/h5-7,9,13H,3-4,8H2,1-2H3. The second-order valence-electron chi connectivity index (χ2n) is 3.30. The fourth-order valence-corrected chi connectivity index (χ4v) is 1.13. The van der Waals surface area contributed by atoms with Crippen molar-refractivity contribution in [2.24, 2.45) is 0 Å². The first-order valence-electron chi connectivity index (χ1n) is 4.87. The van der Waals surface area contributed by atoms with Crippen LogP contribution in [0.25, 0.3) is 5.70 Å². The molecule has 0 bridgehead atoms. The predicted molar refractivity (Wildman–Crippen MR) is 59.6 cm³/mol. The molecule has 14 heavy (non-hydrogen) atoms. The Labute approximate surface area is 85.5 Å². The number of hydrogen-bond acceptors (Lipinski definition) is 2. The Kier molecular flexibility index (Phi) is 4.20. The molecule has 0 aromatic heterocycles. The third-order valence-electron chi connectivity index (χ3n) is 1.87. The highest BCUT2D eigenvalue weighted by Crippen LogP contribution is 2.10. The van der Waals surface area contributed by atoms with Crippen LogP contribution in [0.1, 0.15) is 24.5 Å². The van der Waals surface area contributed by atoms with Crippen molar-refractivity contribution in [3.8, 4) is 0 Å². The molecule has 1 aromatic rings. The van der Waals surface area contributed by atoms with Gasteiger partial charge in [0, 0.05) is 0 Å². The molecule has 2 heteroatoms. The van der Waals surface area contributed by atoms with Gasteiger partial charge < -0.3 is 0 Å². The molecule has 2 nitrogen and oxygen atoms in total. The van der Waals surface area contributed by atoms with Crippen LogP contribution < -0.4 is 5.48 Å². The summed E-state index contributed by atoms with van der Waals surface area (Å²) in [6, 6.07) is 8.16. The number of benzene rings is 1. The zero-order chi connectivity index (χ0) is 10.4. The fourth-order valence-electron chi connectivity index (χ4n) is 1.13. The van der Waals surface area contributed by atoms with Crippen LogP contribution in [-0.4, -0.2) is 6.61 Å². The normalized spacial score (nSPS) is 9.86. The van der Waals surface area contributed by atoms with Crippen molar-refractivity contribution < 1.29 is 4.84 Å². The highest BCUT2D eigenvalue weighted by molar-refractivity contribution is 5.61. The van der Waals surface area contributed by atoms with Crippen LogP contribution in [0, 0.1) is 6.92 Å². The second kappa shape index (κ2) is 5.45. The Morgan fingerprint density at radius 2 is 2.29 bits per heavy atom. The molecule has 0 aliphatic heterocycles. The van der Waals surface area contributed by atoms with Gasteiger partial charge in [0.15, 0.2) is 0 Å². The summed E-state index contributed by atoms with van der Waals surface area (Å²) in [6.45, 7) is 8.73. The van der Waals surface area contributed by atoms with Gasteiger partial charge >= 0.3 is 0 Å². The van der Waals surface area contributed by atoms with E-state index in [9.17, 15) is 0 Å². The average molecular weight is 191 g/mol. The van der Waals surface area contributed by atoms with Gasteiger partial charge in [-0.1, -0.05) is 37.3 Å². The number of nitrogens with one attached hydrogen (secondary N) is 1. The Bertz CT molecular complexity index is 307. The minimum absolute atomic E-state index is 0.699. The molecule has 0 spiro atoms. The zero-order valence-corrected chi connectivity index (χ0v) is 8.84. The molecule has 76 valence electrons. The molecule has 0 amide bonds. The van der Waals surface area contributed by atoms with E-state index in [4.69, 9.17) is 4.84 Å². The van der Waals surface area contributed by atoms with E-state index < -0.39 is 0 Å². The van der Waals surface area contributed by atoms with E-state index >= 15 is 0 Å². The van der Waals surface area contributed by atoms with Gasteiger partial charge in [0.2, 0.25) is 0 Å². The van der Waals surface area contributed by atoms with Gasteiger partial charge in [-0.2, -0.15) is 0 Å². The molecular weight excluding hydrogens is 174 g/mol. The van der Waals surface area contributed by atoms with Crippen LogP contribution in [0.2, 0.25) is 0 Å². The third-order valence-corrected chi connectivity index (χ3v) is 1.87. The maximum absolute atomic E-state index is 5.19. The van der Waals surface area contributed by atoms with Gasteiger partial charge in [-0.05, 0) is 25.0 Å². The summed E-state index contributed by atoms with van der Waals surface area (Å²) in [5.74, 6) is 0. The lowest BCUT2D eigenvalue weighted by Gasteiger charge is -2.09. The topological polar surface area (TPSA) is 21.3 Å². The highest BCUT2D eigenvalue weighted by atomic mass is 16.6. The fraction of sp³-hybridized carbons (Fsp3) is 0.333. The minimum atomic E-state index is 0.699. The first-order chi connectivity index (χ1) is 6.74. The summed E-state index contributed by atoms with van der Waals surface area (Å²) in [5.41, 5.74) is 5.93. The number of hydroxylamine groups is 1. The molecule has 0 aliphatic rings. The molecule has 0 atom stereocenters. The van der Waals surface area contributed by atoms with Crippen LogP contribution in [0.3, 0.4) is 0 Å². The van der Waals surface area contributed by atoms with E-state index in [1.807, 2.05) is 12.1 Å². The maximum Gasteiger partial charge on any atom is 0.0743 e. The summed E-state index contributed by atoms with van der Waals surface area (Å²) in [7, 11) is 0. The summed E-state index contributed by atoms with van der Waals surface area (Å²) in [4.78, 5) is 5.19. The van der Waals surface area contributed by atoms with Crippen molar-refractivity contribution in [2.45, 2.75) is 20.3 Å². The van der Waals surface area contributed by atoms with Gasteiger partial charge in [-0.3, -0.25) is 10.3 Å². The lowest BCUT2D eigenvalue weighted by atomic mass is 10.1. The van der Waals surface area contributed by atoms with Gasteiger partial charge in [-0.25, -0.2) is 0 Å². The molecule has 0 radical (unpaired) electrons. The zero-order valence-electron chi connectivity index (χ0n) is 8.84. The van der Waals surface area contributed by atoms with Crippen molar-refractivity contribution in [1.29, 1.82) is 0 Å². The van der Waals surface area contributed by atoms with Crippen LogP contribution in [0.5, 0.6) is 0 Å². The van der Waals surface area contributed by atoms with Gasteiger partial charge in [0.1, 0.15) is 0 Å². The van der Waals surface area contributed by atoms with Crippen LogP contribution in [0.4, 0.5) is 0 Å². The molecule has 1 rings (SSSR count). The summed E-state index contributed by atoms with van der Waals surface area (Å²) in [6.07, 6.45) is 0.994. The van der Waals surface area contributed by atoms with E-state index in [1.54, 1.807) is 0 Å². The van der Waals surface area contributed by atoms with E-state index in [-0.39, 0.29) is 0 Å². The van der Waals surface area contributed by atoms with Crippen LogP contribution in [-0.2, 0) is 4.84 Å². The van der Waals surface area contributed by atoms with Crippen LogP contribution in [0.15, 0.2) is 30.8 Å². The highest BCUT2D eigenvalue weighted by Gasteiger charge is 1.97. The summed E-state index contributed by atoms with van der Waals surface area (Å²) >= 11 is 0. The number of aryl methyl sites for hydroxylation is 1. The Morgan fingerprint density at radius 3 is 2.93 bits per heavy atom. The second-order valence-corrected chi connectivity index (χ2v) is 3.30. The summed E-state index contributed by atoms with van der Waals surface area (Å²) in [5, 5.41) is 0. The molecule has 0 saturated heterocycles.